The van der Waals surface area contributed by atoms with Gasteiger partial charge in [0.05, 0.1) is 28.4 Å². The zero-order chi connectivity index (χ0) is 24.4. The van der Waals surface area contributed by atoms with Gasteiger partial charge in [-0.15, -0.1) is 0 Å². The number of nitrogens with one attached hydrogen (secondary N) is 1. The van der Waals surface area contributed by atoms with Gasteiger partial charge in [0, 0.05) is 25.1 Å². The highest BCUT2D eigenvalue weighted by molar-refractivity contribution is 7.92. The van der Waals surface area contributed by atoms with Crippen LogP contribution in [0.5, 0.6) is 5.75 Å². The van der Waals surface area contributed by atoms with Gasteiger partial charge in [0.2, 0.25) is 15.9 Å². The Hall–Kier alpha value is -2.85. The molecule has 0 unspecified atom stereocenters. The highest BCUT2D eigenvalue weighted by Crippen LogP contribution is 2.31. The van der Waals surface area contributed by atoms with Gasteiger partial charge in [-0.2, -0.15) is 0 Å². The zero-order valence-corrected chi connectivity index (χ0v) is 20.2. The number of nitro benzene ring substituents is 1. The zero-order valence-electron chi connectivity index (χ0n) is 18.6. The second kappa shape index (κ2) is 12.4. The molecule has 180 valence electrons. The average molecular weight is 498 g/mol. The number of ether oxygens (including phenoxy) is 1. The van der Waals surface area contributed by atoms with Gasteiger partial charge >= 0.3 is 0 Å². The third kappa shape index (κ3) is 8.54. The predicted molar refractivity (Wildman–Crippen MR) is 128 cm³/mol. The molecule has 0 bridgehead atoms. The Bertz CT molecular complexity index is 1060. The van der Waals surface area contributed by atoms with Crippen molar-refractivity contribution in [3.63, 3.8) is 0 Å². The Morgan fingerprint density at radius 3 is 2.52 bits per heavy atom. The van der Waals surface area contributed by atoms with E-state index in [1.165, 1.54) is 17.7 Å². The number of carbonyl (C=O) groups excluding carboxylic acids is 1. The molecule has 0 aliphatic rings. The predicted octanol–water partition coefficient (Wildman–Crippen LogP) is 3.94. The maximum atomic E-state index is 12.2. The third-order valence-electron chi connectivity index (χ3n) is 4.73. The second-order valence-electron chi connectivity index (χ2n) is 7.42. The fraction of sp³-hybridized carbons (Fsp3) is 0.409. The van der Waals surface area contributed by atoms with Crippen LogP contribution in [0.4, 0.5) is 11.4 Å². The lowest BCUT2D eigenvalue weighted by Gasteiger charge is -2.23. The number of hydrogen-bond acceptors (Lipinski definition) is 6. The van der Waals surface area contributed by atoms with Gasteiger partial charge in [0.1, 0.15) is 12.4 Å². The van der Waals surface area contributed by atoms with Crippen molar-refractivity contribution < 1.29 is 22.9 Å². The van der Waals surface area contributed by atoms with Crippen molar-refractivity contribution in [3.8, 4) is 5.75 Å². The Kier molecular flexibility index (Phi) is 9.93. The molecule has 9 nitrogen and oxygen atoms in total. The van der Waals surface area contributed by atoms with Gasteiger partial charge < -0.3 is 10.1 Å². The molecule has 2 rings (SSSR count). The number of nitro groups is 1. The first kappa shape index (κ1) is 26.4. The third-order valence-corrected chi connectivity index (χ3v) is 6.23. The lowest BCUT2D eigenvalue weighted by molar-refractivity contribution is -0.384. The molecule has 11 heteroatoms. The number of amides is 1. The number of aryl methyl sites for hydroxylation is 1. The molecule has 33 heavy (non-hydrogen) atoms. The Labute approximate surface area is 198 Å². The number of hydrogen-bond donors (Lipinski definition) is 1. The number of non-ortho nitro benzene ring substituents is 1. The molecule has 2 aromatic carbocycles. The van der Waals surface area contributed by atoms with Gasteiger partial charge in [0.25, 0.3) is 5.69 Å². The fourth-order valence-corrected chi connectivity index (χ4v) is 4.38. The summed E-state index contributed by atoms with van der Waals surface area (Å²) in [6.07, 6.45) is 3.35. The standard InChI is InChI=1S/C22H28ClN3O6S/c1-3-5-17-7-10-19(11-8-17)32-15-13-24-22(27)6-4-14-25(33(2,30)31)21-16-18(26(28)29)9-12-20(21)23/h7-12,16H,3-6,13-15H2,1-2H3,(H,24,27). The van der Waals surface area contributed by atoms with Crippen molar-refractivity contribution >= 4 is 38.9 Å². The van der Waals surface area contributed by atoms with Crippen molar-refractivity contribution in [2.45, 2.75) is 32.6 Å². The van der Waals surface area contributed by atoms with Gasteiger partial charge in [-0.25, -0.2) is 8.42 Å². The largest absolute Gasteiger partial charge is 0.492 e. The number of benzene rings is 2. The van der Waals surface area contributed by atoms with Crippen LogP contribution in [0.25, 0.3) is 0 Å². The minimum absolute atomic E-state index is 0.00660. The number of anilines is 1. The van der Waals surface area contributed by atoms with Crippen LogP contribution in [0.2, 0.25) is 5.02 Å². The highest BCUT2D eigenvalue weighted by Gasteiger charge is 2.22. The van der Waals surface area contributed by atoms with E-state index in [9.17, 15) is 23.3 Å². The molecule has 0 fully saturated rings. The minimum Gasteiger partial charge on any atom is -0.492 e. The molecule has 0 saturated heterocycles. The molecule has 0 aliphatic carbocycles. The number of sulfonamides is 1. The van der Waals surface area contributed by atoms with Crippen molar-refractivity contribution in [1.29, 1.82) is 0 Å². The molecule has 0 saturated carbocycles. The lowest BCUT2D eigenvalue weighted by atomic mass is 10.1. The highest BCUT2D eigenvalue weighted by atomic mass is 35.5. The van der Waals surface area contributed by atoms with E-state index in [4.69, 9.17) is 16.3 Å². The number of halogens is 1. The van der Waals surface area contributed by atoms with Crippen LogP contribution < -0.4 is 14.4 Å². The van der Waals surface area contributed by atoms with E-state index in [1.807, 2.05) is 24.3 Å². The summed E-state index contributed by atoms with van der Waals surface area (Å²) in [5, 5.41) is 13.8. The molecule has 0 heterocycles. The Balaban J connectivity index is 1.82. The number of nitrogens with zero attached hydrogens (tertiary/aromatic N) is 2. The van der Waals surface area contributed by atoms with Crippen LogP contribution in [0.1, 0.15) is 31.7 Å². The molecular formula is C22H28ClN3O6S. The van der Waals surface area contributed by atoms with Crippen molar-refractivity contribution in [2.24, 2.45) is 0 Å². The van der Waals surface area contributed by atoms with Crippen molar-refractivity contribution in [2.75, 3.05) is 30.3 Å². The fourth-order valence-electron chi connectivity index (χ4n) is 3.14. The molecule has 0 aliphatic heterocycles. The summed E-state index contributed by atoms with van der Waals surface area (Å²) in [6, 6.07) is 11.4. The van der Waals surface area contributed by atoms with Crippen LogP contribution in [-0.2, 0) is 21.2 Å². The SMILES string of the molecule is CCCc1ccc(OCCNC(=O)CCCN(c2cc([N+](=O)[O-])ccc2Cl)S(C)(=O)=O)cc1. The van der Waals surface area contributed by atoms with E-state index in [1.54, 1.807) is 0 Å². The maximum absolute atomic E-state index is 12.2. The first-order valence-corrected chi connectivity index (χ1v) is 12.7. The summed E-state index contributed by atoms with van der Waals surface area (Å²) < 4.78 is 31.0. The molecular weight excluding hydrogens is 470 g/mol. The molecule has 0 atom stereocenters. The van der Waals surface area contributed by atoms with E-state index in [0.29, 0.717) is 13.2 Å². The normalized spacial score (nSPS) is 11.1. The van der Waals surface area contributed by atoms with E-state index < -0.39 is 14.9 Å². The van der Waals surface area contributed by atoms with Gasteiger partial charge in [0.15, 0.2) is 0 Å². The van der Waals surface area contributed by atoms with Crippen LogP contribution >= 0.6 is 11.6 Å². The minimum atomic E-state index is -3.76. The summed E-state index contributed by atoms with van der Waals surface area (Å²) in [6.45, 7) is 2.68. The number of carbonyl (C=O) groups is 1. The van der Waals surface area contributed by atoms with E-state index in [0.717, 1.165) is 35.2 Å². The van der Waals surface area contributed by atoms with Crippen LogP contribution in [0, 0.1) is 10.1 Å². The van der Waals surface area contributed by atoms with Crippen LogP contribution in [0.15, 0.2) is 42.5 Å². The van der Waals surface area contributed by atoms with Gasteiger partial charge in [-0.1, -0.05) is 37.1 Å². The van der Waals surface area contributed by atoms with Crippen molar-refractivity contribution in [3.05, 3.63) is 63.2 Å². The molecule has 1 N–H and O–H groups in total. The summed E-state index contributed by atoms with van der Waals surface area (Å²) >= 11 is 6.08. The Morgan fingerprint density at radius 2 is 1.91 bits per heavy atom. The summed E-state index contributed by atoms with van der Waals surface area (Å²) in [5.41, 5.74) is 0.973. The Morgan fingerprint density at radius 1 is 1.21 bits per heavy atom. The molecule has 0 radical (unpaired) electrons. The lowest BCUT2D eigenvalue weighted by Crippen LogP contribution is -2.33. The van der Waals surface area contributed by atoms with E-state index in [2.05, 4.69) is 12.2 Å². The second-order valence-corrected chi connectivity index (χ2v) is 9.74. The average Bonchev–Trinajstić information content (AvgIpc) is 2.75. The molecule has 0 aromatic heterocycles. The van der Waals surface area contributed by atoms with E-state index in [-0.39, 0.29) is 41.7 Å². The van der Waals surface area contributed by atoms with Crippen LogP contribution in [0.3, 0.4) is 0 Å². The first-order valence-electron chi connectivity index (χ1n) is 10.5. The van der Waals surface area contributed by atoms with Gasteiger partial charge in [-0.3, -0.25) is 19.2 Å². The monoisotopic (exact) mass is 497 g/mol. The summed E-state index contributed by atoms with van der Waals surface area (Å²) in [4.78, 5) is 22.5. The quantitative estimate of drug-likeness (QED) is 0.254. The summed E-state index contributed by atoms with van der Waals surface area (Å²) in [5.74, 6) is 0.470. The molecule has 2 aromatic rings. The number of rotatable bonds is 13. The van der Waals surface area contributed by atoms with Gasteiger partial charge in [-0.05, 0) is 36.6 Å². The smallest absolute Gasteiger partial charge is 0.271 e. The van der Waals surface area contributed by atoms with Crippen LogP contribution in [-0.4, -0.2) is 45.2 Å². The molecule has 1 amide bonds. The van der Waals surface area contributed by atoms with Crippen molar-refractivity contribution in [1.82, 2.24) is 5.32 Å². The van der Waals surface area contributed by atoms with E-state index >= 15 is 0 Å². The first-order chi connectivity index (χ1) is 15.6. The molecule has 0 spiro atoms. The summed E-state index contributed by atoms with van der Waals surface area (Å²) in [7, 11) is -3.76. The maximum Gasteiger partial charge on any atom is 0.271 e. The topological polar surface area (TPSA) is 119 Å².